The number of hydrogen-bond acceptors (Lipinski definition) is 4. The van der Waals surface area contributed by atoms with Crippen LogP contribution in [0.1, 0.15) is 16.7 Å². The molecule has 0 aliphatic carbocycles. The van der Waals surface area contributed by atoms with E-state index in [-0.39, 0.29) is 18.1 Å². The molecule has 0 fully saturated rings. The Balaban J connectivity index is 1.88. The third-order valence-electron chi connectivity index (χ3n) is 3.55. The van der Waals surface area contributed by atoms with Crippen LogP contribution in [0.15, 0.2) is 42.5 Å². The minimum Gasteiger partial charge on any atom is -0.376 e. The number of rotatable bonds is 6. The van der Waals surface area contributed by atoms with Gasteiger partial charge in [-0.05, 0) is 25.5 Å². The van der Waals surface area contributed by atoms with E-state index in [1.54, 1.807) is 19.1 Å². The van der Waals surface area contributed by atoms with Crippen LogP contribution >= 0.6 is 0 Å². The normalized spacial score (nSPS) is 10.2. The number of aryl methyl sites for hydroxylation is 1. The lowest BCUT2D eigenvalue weighted by Gasteiger charge is -2.10. The Bertz CT molecular complexity index is 712. The number of nitro benzene ring substituents is 1. The predicted octanol–water partition coefficient (Wildman–Crippen LogP) is 2.94. The van der Waals surface area contributed by atoms with Crippen molar-refractivity contribution in [3.05, 3.63) is 69.3 Å². The molecule has 0 aliphatic rings. The number of anilines is 1. The first-order chi connectivity index (χ1) is 11.0. The summed E-state index contributed by atoms with van der Waals surface area (Å²) in [5.74, 6) is -0.170. The standard InChI is InChI=1S/C17H19N3O3/c1-12-6-8-14(9-7-12)10-19-17(21)11-18-15-4-3-5-16(13(15)2)20(22)23/h3-9,18H,10-11H2,1-2H3,(H,19,21). The molecular formula is C17H19N3O3. The highest BCUT2D eigenvalue weighted by molar-refractivity contribution is 5.81. The number of carbonyl (C=O) groups excluding carboxylic acids is 1. The van der Waals surface area contributed by atoms with Gasteiger partial charge in [-0.3, -0.25) is 14.9 Å². The monoisotopic (exact) mass is 313 g/mol. The fourth-order valence-corrected chi connectivity index (χ4v) is 2.16. The molecule has 120 valence electrons. The number of hydrogen-bond donors (Lipinski definition) is 2. The molecule has 0 atom stereocenters. The SMILES string of the molecule is Cc1ccc(CNC(=O)CNc2cccc([N+](=O)[O-])c2C)cc1. The number of carbonyl (C=O) groups is 1. The lowest BCUT2D eigenvalue weighted by atomic mass is 10.1. The van der Waals surface area contributed by atoms with E-state index in [9.17, 15) is 14.9 Å². The zero-order valence-electron chi connectivity index (χ0n) is 13.1. The summed E-state index contributed by atoms with van der Waals surface area (Å²) in [7, 11) is 0. The average molecular weight is 313 g/mol. The molecule has 0 heterocycles. The van der Waals surface area contributed by atoms with Gasteiger partial charge < -0.3 is 10.6 Å². The molecule has 0 radical (unpaired) electrons. The fourth-order valence-electron chi connectivity index (χ4n) is 2.16. The molecule has 2 aromatic carbocycles. The Hall–Kier alpha value is -2.89. The second-order valence-corrected chi connectivity index (χ2v) is 5.32. The molecule has 0 aliphatic heterocycles. The van der Waals surface area contributed by atoms with Gasteiger partial charge in [0.05, 0.1) is 11.5 Å². The lowest BCUT2D eigenvalue weighted by Crippen LogP contribution is -2.29. The van der Waals surface area contributed by atoms with E-state index in [0.29, 0.717) is 17.8 Å². The van der Waals surface area contributed by atoms with Crippen molar-refractivity contribution in [3.8, 4) is 0 Å². The summed E-state index contributed by atoms with van der Waals surface area (Å²) < 4.78 is 0. The van der Waals surface area contributed by atoms with E-state index in [1.165, 1.54) is 11.6 Å². The minimum atomic E-state index is -0.433. The summed E-state index contributed by atoms with van der Waals surface area (Å²) >= 11 is 0. The Kier molecular flexibility index (Phi) is 5.30. The van der Waals surface area contributed by atoms with Crippen molar-refractivity contribution in [1.29, 1.82) is 0 Å². The van der Waals surface area contributed by atoms with E-state index in [2.05, 4.69) is 10.6 Å². The average Bonchev–Trinajstić information content (AvgIpc) is 2.53. The maximum absolute atomic E-state index is 11.9. The Morgan fingerprint density at radius 3 is 2.48 bits per heavy atom. The second kappa shape index (κ2) is 7.40. The van der Waals surface area contributed by atoms with Crippen LogP contribution in [-0.4, -0.2) is 17.4 Å². The van der Waals surface area contributed by atoms with Crippen LogP contribution in [0.3, 0.4) is 0 Å². The highest BCUT2D eigenvalue weighted by Crippen LogP contribution is 2.24. The maximum Gasteiger partial charge on any atom is 0.274 e. The minimum absolute atomic E-state index is 0.0371. The molecule has 2 N–H and O–H groups in total. The van der Waals surface area contributed by atoms with Crippen LogP contribution in [0.5, 0.6) is 0 Å². The molecule has 6 nitrogen and oxygen atoms in total. The van der Waals surface area contributed by atoms with Gasteiger partial charge in [0.1, 0.15) is 0 Å². The first kappa shape index (κ1) is 16.5. The van der Waals surface area contributed by atoms with Crippen LogP contribution in [0.25, 0.3) is 0 Å². The van der Waals surface area contributed by atoms with Crippen molar-refractivity contribution in [1.82, 2.24) is 5.32 Å². The summed E-state index contributed by atoms with van der Waals surface area (Å²) in [5.41, 5.74) is 3.34. The largest absolute Gasteiger partial charge is 0.376 e. The van der Waals surface area contributed by atoms with Crippen molar-refractivity contribution in [3.63, 3.8) is 0 Å². The summed E-state index contributed by atoms with van der Waals surface area (Å²) in [5, 5.41) is 16.6. The predicted molar refractivity (Wildman–Crippen MR) is 89.3 cm³/mol. The zero-order valence-corrected chi connectivity index (χ0v) is 13.1. The number of amides is 1. The fraction of sp³-hybridized carbons (Fsp3) is 0.235. The molecule has 0 saturated heterocycles. The van der Waals surface area contributed by atoms with Crippen molar-refractivity contribution in [2.45, 2.75) is 20.4 Å². The topological polar surface area (TPSA) is 84.3 Å². The van der Waals surface area contributed by atoms with E-state index >= 15 is 0 Å². The van der Waals surface area contributed by atoms with Gasteiger partial charge in [-0.25, -0.2) is 0 Å². The van der Waals surface area contributed by atoms with Crippen LogP contribution in [0, 0.1) is 24.0 Å². The molecule has 6 heteroatoms. The van der Waals surface area contributed by atoms with Gasteiger partial charge in [-0.15, -0.1) is 0 Å². The van der Waals surface area contributed by atoms with Gasteiger partial charge in [0.2, 0.25) is 5.91 Å². The van der Waals surface area contributed by atoms with Gasteiger partial charge in [0, 0.05) is 23.9 Å². The Morgan fingerprint density at radius 2 is 1.83 bits per heavy atom. The highest BCUT2D eigenvalue weighted by Gasteiger charge is 2.13. The molecule has 23 heavy (non-hydrogen) atoms. The van der Waals surface area contributed by atoms with Gasteiger partial charge in [-0.1, -0.05) is 35.9 Å². The molecule has 1 amide bonds. The van der Waals surface area contributed by atoms with Crippen LogP contribution in [0.2, 0.25) is 0 Å². The van der Waals surface area contributed by atoms with E-state index < -0.39 is 4.92 Å². The quantitative estimate of drug-likeness (QED) is 0.634. The first-order valence-corrected chi connectivity index (χ1v) is 7.27. The van der Waals surface area contributed by atoms with Crippen molar-refractivity contribution >= 4 is 17.3 Å². The number of nitrogens with one attached hydrogen (secondary N) is 2. The van der Waals surface area contributed by atoms with E-state index in [0.717, 1.165) is 5.56 Å². The maximum atomic E-state index is 11.9. The van der Waals surface area contributed by atoms with Gasteiger partial charge in [-0.2, -0.15) is 0 Å². The van der Waals surface area contributed by atoms with E-state index in [1.807, 2.05) is 31.2 Å². The summed E-state index contributed by atoms with van der Waals surface area (Å²) in [6.07, 6.45) is 0. The smallest absolute Gasteiger partial charge is 0.274 e. The highest BCUT2D eigenvalue weighted by atomic mass is 16.6. The van der Waals surface area contributed by atoms with E-state index in [4.69, 9.17) is 0 Å². The van der Waals surface area contributed by atoms with Crippen molar-refractivity contribution < 1.29 is 9.72 Å². The van der Waals surface area contributed by atoms with Crippen molar-refractivity contribution in [2.75, 3.05) is 11.9 Å². The molecule has 2 rings (SSSR count). The lowest BCUT2D eigenvalue weighted by molar-refractivity contribution is -0.385. The van der Waals surface area contributed by atoms with Crippen LogP contribution in [-0.2, 0) is 11.3 Å². The van der Waals surface area contributed by atoms with Gasteiger partial charge in [0.25, 0.3) is 5.69 Å². The molecule has 0 spiro atoms. The third kappa shape index (κ3) is 4.54. The zero-order chi connectivity index (χ0) is 16.8. The summed E-state index contributed by atoms with van der Waals surface area (Å²) in [4.78, 5) is 22.3. The second-order valence-electron chi connectivity index (χ2n) is 5.32. The number of benzene rings is 2. The van der Waals surface area contributed by atoms with Gasteiger partial charge in [0.15, 0.2) is 0 Å². The number of nitro groups is 1. The summed E-state index contributed by atoms with van der Waals surface area (Å²) in [6.45, 7) is 4.18. The molecule has 0 unspecified atom stereocenters. The first-order valence-electron chi connectivity index (χ1n) is 7.27. The van der Waals surface area contributed by atoms with Crippen LogP contribution < -0.4 is 10.6 Å². The molecule has 2 aromatic rings. The third-order valence-corrected chi connectivity index (χ3v) is 3.55. The number of nitrogens with zero attached hydrogens (tertiary/aromatic N) is 1. The molecular weight excluding hydrogens is 294 g/mol. The van der Waals surface area contributed by atoms with Gasteiger partial charge >= 0.3 is 0 Å². The van der Waals surface area contributed by atoms with Crippen molar-refractivity contribution in [2.24, 2.45) is 0 Å². The molecule has 0 aromatic heterocycles. The Morgan fingerprint density at radius 1 is 1.13 bits per heavy atom. The summed E-state index contributed by atoms with van der Waals surface area (Å²) in [6, 6.07) is 12.7. The van der Waals surface area contributed by atoms with Crippen LogP contribution in [0.4, 0.5) is 11.4 Å². The Labute approximate surface area is 134 Å². The molecule has 0 saturated carbocycles. The molecule has 0 bridgehead atoms.